The molecule has 0 fully saturated rings. The minimum absolute atomic E-state index is 0.543. The number of aromatic nitrogens is 3. The van der Waals surface area contributed by atoms with Gasteiger partial charge in [-0.05, 0) is 30.0 Å². The summed E-state index contributed by atoms with van der Waals surface area (Å²) in [5.74, 6) is 0.543. The van der Waals surface area contributed by atoms with E-state index >= 15 is 0 Å². The molecule has 2 aromatic heterocycles. The van der Waals surface area contributed by atoms with Gasteiger partial charge in [0.1, 0.15) is 0 Å². The molecule has 0 unspecified atom stereocenters. The maximum absolute atomic E-state index is 5.94. The molecule has 2 heterocycles. The molecular formula is C12H8ClN3OS2. The molecule has 0 spiro atoms. The van der Waals surface area contributed by atoms with Gasteiger partial charge in [-0.25, -0.2) is 9.97 Å². The second-order valence-corrected chi connectivity index (χ2v) is 6.26. The van der Waals surface area contributed by atoms with Crippen molar-refractivity contribution in [2.75, 3.05) is 7.11 Å². The maximum atomic E-state index is 5.94. The number of rotatable bonds is 3. The van der Waals surface area contributed by atoms with Crippen molar-refractivity contribution < 1.29 is 4.74 Å². The summed E-state index contributed by atoms with van der Waals surface area (Å²) in [4.78, 5) is 12.9. The zero-order valence-electron chi connectivity index (χ0n) is 9.83. The molecule has 4 nitrogen and oxygen atoms in total. The van der Waals surface area contributed by atoms with Crippen molar-refractivity contribution in [2.24, 2.45) is 0 Å². The number of fused-ring (bicyclic) bond motifs is 1. The van der Waals surface area contributed by atoms with Crippen LogP contribution in [0.3, 0.4) is 0 Å². The van der Waals surface area contributed by atoms with Crippen LogP contribution in [0.2, 0.25) is 5.02 Å². The lowest BCUT2D eigenvalue weighted by Gasteiger charge is -1.99. The Labute approximate surface area is 122 Å². The van der Waals surface area contributed by atoms with Gasteiger partial charge in [0.2, 0.25) is 5.88 Å². The summed E-state index contributed by atoms with van der Waals surface area (Å²) in [6.07, 6.45) is 1.67. The normalized spacial score (nSPS) is 10.8. The SMILES string of the molecule is COc1ccnc(Sc2nc3cc(Cl)ccc3s2)n1. The summed E-state index contributed by atoms with van der Waals surface area (Å²) in [5, 5.41) is 1.30. The van der Waals surface area contributed by atoms with Gasteiger partial charge in [-0.3, -0.25) is 0 Å². The molecule has 0 bridgehead atoms. The fraction of sp³-hybridized carbons (Fsp3) is 0.0833. The van der Waals surface area contributed by atoms with Crippen LogP contribution in [-0.4, -0.2) is 22.1 Å². The lowest BCUT2D eigenvalue weighted by molar-refractivity contribution is 0.392. The maximum Gasteiger partial charge on any atom is 0.217 e. The second-order valence-electron chi connectivity index (χ2n) is 3.58. The Morgan fingerprint density at radius 1 is 1.26 bits per heavy atom. The molecule has 19 heavy (non-hydrogen) atoms. The molecule has 3 rings (SSSR count). The molecule has 96 valence electrons. The molecule has 0 saturated carbocycles. The van der Waals surface area contributed by atoms with Gasteiger partial charge in [0.05, 0.1) is 17.3 Å². The molecule has 0 saturated heterocycles. The Hall–Kier alpha value is -1.37. The Balaban J connectivity index is 1.92. The Morgan fingerprint density at radius 3 is 3.00 bits per heavy atom. The van der Waals surface area contributed by atoms with E-state index < -0.39 is 0 Å². The van der Waals surface area contributed by atoms with Crippen molar-refractivity contribution in [1.82, 2.24) is 15.0 Å². The number of halogens is 1. The molecule has 0 atom stereocenters. The molecule has 3 aromatic rings. The van der Waals surface area contributed by atoms with Gasteiger partial charge >= 0.3 is 0 Å². The Morgan fingerprint density at radius 2 is 2.16 bits per heavy atom. The average molecular weight is 310 g/mol. The molecule has 0 radical (unpaired) electrons. The van der Waals surface area contributed by atoms with Gasteiger partial charge in [-0.15, -0.1) is 11.3 Å². The standard InChI is InChI=1S/C12H8ClN3OS2/c1-17-10-4-5-14-11(16-10)19-12-15-8-6-7(13)2-3-9(8)18-12/h2-6H,1H3. The van der Waals surface area contributed by atoms with Gasteiger partial charge in [0, 0.05) is 17.3 Å². The highest BCUT2D eigenvalue weighted by atomic mass is 35.5. The quantitative estimate of drug-likeness (QED) is 0.687. The third-order valence-electron chi connectivity index (χ3n) is 2.33. The third-order valence-corrected chi connectivity index (χ3v) is 4.54. The lowest BCUT2D eigenvalue weighted by atomic mass is 10.3. The van der Waals surface area contributed by atoms with E-state index in [9.17, 15) is 0 Å². The third kappa shape index (κ3) is 2.80. The highest BCUT2D eigenvalue weighted by molar-refractivity contribution is 8.01. The number of ether oxygens (including phenoxy) is 1. The van der Waals surface area contributed by atoms with Crippen LogP contribution >= 0.6 is 34.7 Å². The smallest absolute Gasteiger partial charge is 0.217 e. The summed E-state index contributed by atoms with van der Waals surface area (Å²) in [6, 6.07) is 7.39. The summed E-state index contributed by atoms with van der Waals surface area (Å²) in [6.45, 7) is 0. The summed E-state index contributed by atoms with van der Waals surface area (Å²) in [7, 11) is 1.58. The van der Waals surface area contributed by atoms with Crippen LogP contribution in [0.25, 0.3) is 10.2 Å². The first-order chi connectivity index (χ1) is 9.24. The van der Waals surface area contributed by atoms with E-state index in [2.05, 4.69) is 15.0 Å². The average Bonchev–Trinajstić information content (AvgIpc) is 2.80. The van der Waals surface area contributed by atoms with E-state index in [0.717, 1.165) is 14.6 Å². The van der Waals surface area contributed by atoms with E-state index in [4.69, 9.17) is 16.3 Å². The first kappa shape index (κ1) is 12.7. The van der Waals surface area contributed by atoms with Gasteiger partial charge in [0.15, 0.2) is 9.50 Å². The van der Waals surface area contributed by atoms with Crippen LogP contribution in [0.4, 0.5) is 0 Å². The first-order valence-corrected chi connectivity index (χ1v) is 7.37. The highest BCUT2D eigenvalue weighted by Gasteiger charge is 2.08. The highest BCUT2D eigenvalue weighted by Crippen LogP contribution is 2.33. The minimum Gasteiger partial charge on any atom is -0.481 e. The van der Waals surface area contributed by atoms with Crippen LogP contribution in [0, 0.1) is 0 Å². The van der Waals surface area contributed by atoms with Crippen molar-refractivity contribution in [2.45, 2.75) is 9.50 Å². The summed E-state index contributed by atoms with van der Waals surface area (Å²) in [5.41, 5.74) is 0.892. The van der Waals surface area contributed by atoms with Crippen molar-refractivity contribution in [3.05, 3.63) is 35.5 Å². The lowest BCUT2D eigenvalue weighted by Crippen LogP contribution is -1.90. The molecule has 7 heteroatoms. The van der Waals surface area contributed by atoms with Gasteiger partial charge in [-0.1, -0.05) is 11.6 Å². The predicted molar refractivity (Wildman–Crippen MR) is 77.3 cm³/mol. The number of benzene rings is 1. The predicted octanol–water partition coefficient (Wildman–Crippen LogP) is 3.90. The molecule has 1 aromatic carbocycles. The summed E-state index contributed by atoms with van der Waals surface area (Å²) < 4.78 is 7.04. The minimum atomic E-state index is 0.543. The number of thiazole rings is 1. The molecule has 0 aliphatic rings. The fourth-order valence-electron chi connectivity index (χ4n) is 1.49. The monoisotopic (exact) mass is 309 g/mol. The topological polar surface area (TPSA) is 47.9 Å². The van der Waals surface area contributed by atoms with Crippen molar-refractivity contribution in [1.29, 1.82) is 0 Å². The van der Waals surface area contributed by atoms with Crippen LogP contribution in [0.5, 0.6) is 5.88 Å². The van der Waals surface area contributed by atoms with E-state index in [-0.39, 0.29) is 0 Å². The van der Waals surface area contributed by atoms with Crippen LogP contribution < -0.4 is 4.74 Å². The van der Waals surface area contributed by atoms with Crippen LogP contribution in [0.15, 0.2) is 40.0 Å². The molecular weight excluding hydrogens is 302 g/mol. The fourth-order valence-corrected chi connectivity index (χ4v) is 3.54. The van der Waals surface area contributed by atoms with Crippen LogP contribution in [0.1, 0.15) is 0 Å². The van der Waals surface area contributed by atoms with E-state index in [0.29, 0.717) is 16.1 Å². The Bertz CT molecular complexity index is 732. The largest absolute Gasteiger partial charge is 0.481 e. The van der Waals surface area contributed by atoms with Crippen LogP contribution in [-0.2, 0) is 0 Å². The Kier molecular flexibility index (Phi) is 3.54. The van der Waals surface area contributed by atoms with Gasteiger partial charge < -0.3 is 4.74 Å². The zero-order valence-corrected chi connectivity index (χ0v) is 12.2. The van der Waals surface area contributed by atoms with Crippen molar-refractivity contribution in [3.63, 3.8) is 0 Å². The van der Waals surface area contributed by atoms with Gasteiger partial charge in [0.25, 0.3) is 0 Å². The zero-order chi connectivity index (χ0) is 13.2. The number of hydrogen-bond acceptors (Lipinski definition) is 6. The van der Waals surface area contributed by atoms with E-state index in [1.54, 1.807) is 30.7 Å². The van der Waals surface area contributed by atoms with Crippen molar-refractivity contribution >= 4 is 44.9 Å². The number of nitrogens with zero attached hydrogens (tertiary/aromatic N) is 3. The van der Waals surface area contributed by atoms with Crippen molar-refractivity contribution in [3.8, 4) is 5.88 Å². The van der Waals surface area contributed by atoms with E-state index in [1.165, 1.54) is 11.8 Å². The molecule has 0 N–H and O–H groups in total. The summed E-state index contributed by atoms with van der Waals surface area (Å²) >= 11 is 8.94. The van der Waals surface area contributed by atoms with E-state index in [1.807, 2.05) is 18.2 Å². The number of hydrogen-bond donors (Lipinski definition) is 0. The molecule has 0 aliphatic carbocycles. The second kappa shape index (κ2) is 5.32. The molecule has 0 aliphatic heterocycles. The van der Waals surface area contributed by atoms with Gasteiger partial charge in [-0.2, -0.15) is 4.98 Å². The first-order valence-electron chi connectivity index (χ1n) is 5.35. The molecule has 0 amide bonds. The number of methoxy groups -OCH3 is 1.